The average molecular weight is 584 g/mol. The molecule has 8 atom stereocenters. The van der Waals surface area contributed by atoms with E-state index in [-0.39, 0.29) is 30.2 Å². The first-order valence-electron chi connectivity index (χ1n) is 16.3. The van der Waals surface area contributed by atoms with Gasteiger partial charge in [-0.3, -0.25) is 14.3 Å². The number of fused-ring (bicyclic) bond motifs is 5. The molecule has 41 heavy (non-hydrogen) atoms. The molecule has 2 aliphatic heterocycles. The maximum atomic E-state index is 14.2. The van der Waals surface area contributed by atoms with Gasteiger partial charge in [-0.25, -0.2) is 4.98 Å². The van der Waals surface area contributed by atoms with E-state index in [0.29, 0.717) is 34.9 Å². The summed E-state index contributed by atoms with van der Waals surface area (Å²) < 4.78 is 27.0. The van der Waals surface area contributed by atoms with Crippen molar-refractivity contribution in [2.24, 2.45) is 35.0 Å². The summed E-state index contributed by atoms with van der Waals surface area (Å²) in [5, 5.41) is 0. The fourth-order valence-corrected chi connectivity index (χ4v) is 11.1. The second kappa shape index (κ2) is 11.2. The third-order valence-electron chi connectivity index (χ3n) is 11.7. The van der Waals surface area contributed by atoms with E-state index >= 15 is 0 Å². The van der Waals surface area contributed by atoms with Crippen LogP contribution < -0.4 is 11.0 Å². The number of benzene rings is 1. The van der Waals surface area contributed by atoms with Gasteiger partial charge in [-0.1, -0.05) is 39.8 Å². The van der Waals surface area contributed by atoms with Crippen LogP contribution in [0.2, 0.25) is 0 Å². The van der Waals surface area contributed by atoms with Crippen LogP contribution in [0, 0.1) is 35.0 Å². The number of piperidine rings is 2. The van der Waals surface area contributed by atoms with Crippen LogP contribution in [0.1, 0.15) is 92.5 Å². The van der Waals surface area contributed by atoms with Gasteiger partial charge in [0.25, 0.3) is 5.56 Å². The van der Waals surface area contributed by atoms with Crippen LogP contribution in [0.5, 0.6) is 0 Å². The lowest BCUT2D eigenvalue weighted by Crippen LogP contribution is -2.60. The van der Waals surface area contributed by atoms with Crippen LogP contribution >= 0.6 is 7.60 Å². The Morgan fingerprint density at radius 2 is 1.63 bits per heavy atom. The normalized spacial score (nSPS) is 34.9. The maximum absolute atomic E-state index is 14.2. The quantitative estimate of drug-likeness (QED) is 0.302. The summed E-state index contributed by atoms with van der Waals surface area (Å²) in [6.07, 6.45) is 8.62. The predicted octanol–water partition coefficient (Wildman–Crippen LogP) is 6.80. The minimum Gasteiger partial charge on any atom is -0.304 e. The van der Waals surface area contributed by atoms with E-state index in [0.717, 1.165) is 36.1 Å². The molecule has 2 aromatic rings. The summed E-state index contributed by atoms with van der Waals surface area (Å²) in [5.41, 5.74) is 1.59. The minimum absolute atomic E-state index is 0.0170. The molecule has 0 amide bonds. The van der Waals surface area contributed by atoms with Crippen molar-refractivity contribution in [2.75, 3.05) is 19.8 Å². The van der Waals surface area contributed by atoms with Crippen molar-refractivity contribution in [3.05, 3.63) is 34.6 Å². The first-order valence-corrected chi connectivity index (χ1v) is 17.8. The summed E-state index contributed by atoms with van der Waals surface area (Å²) in [7, 11) is -3.85. The van der Waals surface area contributed by atoms with Crippen molar-refractivity contribution >= 4 is 24.1 Å². The zero-order valence-electron chi connectivity index (χ0n) is 25.9. The van der Waals surface area contributed by atoms with Crippen LogP contribution in [0.15, 0.2) is 29.1 Å². The molecule has 3 heterocycles. The fourth-order valence-electron chi connectivity index (χ4n) is 9.54. The molecule has 4 bridgehead atoms. The molecular weight excluding hydrogens is 533 g/mol. The van der Waals surface area contributed by atoms with Gasteiger partial charge in [-0.2, -0.15) is 0 Å². The number of hydrogen-bond donors (Lipinski definition) is 0. The summed E-state index contributed by atoms with van der Waals surface area (Å²) >= 11 is 0. The predicted molar refractivity (Wildman–Crippen MR) is 165 cm³/mol. The van der Waals surface area contributed by atoms with Gasteiger partial charge in [0.1, 0.15) is 0 Å². The zero-order chi connectivity index (χ0) is 29.1. The van der Waals surface area contributed by atoms with Crippen LogP contribution in [0.25, 0.3) is 11.0 Å². The summed E-state index contributed by atoms with van der Waals surface area (Å²) in [6.45, 7) is 14.9. The van der Waals surface area contributed by atoms with E-state index in [1.54, 1.807) is 13.8 Å². The molecule has 8 heteroatoms. The zero-order valence-corrected chi connectivity index (χ0v) is 26.8. The van der Waals surface area contributed by atoms with E-state index in [2.05, 4.69) is 37.6 Å². The Bertz CT molecular complexity index is 1340. The van der Waals surface area contributed by atoms with Gasteiger partial charge in [0.2, 0.25) is 5.44 Å². The van der Waals surface area contributed by atoms with E-state index < -0.39 is 7.60 Å². The molecule has 3 aliphatic carbocycles. The van der Waals surface area contributed by atoms with Crippen molar-refractivity contribution < 1.29 is 13.6 Å². The smallest absolute Gasteiger partial charge is 0.304 e. The van der Waals surface area contributed by atoms with Gasteiger partial charge < -0.3 is 13.6 Å². The first kappa shape index (κ1) is 29.5. The van der Waals surface area contributed by atoms with Crippen molar-refractivity contribution in [2.45, 2.75) is 105 Å². The molecule has 0 radical (unpaired) electrons. The van der Waals surface area contributed by atoms with Crippen molar-refractivity contribution in [3.8, 4) is 0 Å². The Morgan fingerprint density at radius 3 is 2.24 bits per heavy atom. The summed E-state index contributed by atoms with van der Waals surface area (Å²) in [4.78, 5) is 21.7. The highest BCUT2D eigenvalue weighted by atomic mass is 31.2. The Kier molecular flexibility index (Phi) is 8.06. The molecule has 3 saturated carbocycles. The maximum Gasteiger partial charge on any atom is 0.385 e. The topological polar surface area (TPSA) is 73.7 Å². The molecule has 7 nitrogen and oxygen atoms in total. The van der Waals surface area contributed by atoms with E-state index in [9.17, 15) is 9.36 Å². The number of para-hydroxylation sites is 2. The van der Waals surface area contributed by atoms with Gasteiger partial charge in [0.05, 0.1) is 24.2 Å². The van der Waals surface area contributed by atoms with Gasteiger partial charge in [-0.05, 0) is 112 Å². The van der Waals surface area contributed by atoms with Gasteiger partial charge in [0.15, 0.2) is 0 Å². The highest BCUT2D eigenvalue weighted by Crippen LogP contribution is 2.62. The summed E-state index contributed by atoms with van der Waals surface area (Å²) in [6, 6.07) is 8.65. The van der Waals surface area contributed by atoms with Crippen molar-refractivity contribution in [3.63, 3.8) is 0 Å². The Balaban J connectivity index is 1.33. The van der Waals surface area contributed by atoms with Gasteiger partial charge >= 0.3 is 7.60 Å². The number of nitrogens with zero attached hydrogens (tertiary/aromatic N) is 3. The largest absolute Gasteiger partial charge is 0.385 e. The highest BCUT2D eigenvalue weighted by molar-refractivity contribution is 7.61. The second-order valence-electron chi connectivity index (χ2n) is 14.1. The second-order valence-corrected chi connectivity index (χ2v) is 16.0. The molecule has 0 spiro atoms. The number of hydrogen-bond acceptors (Lipinski definition) is 6. The number of aromatic nitrogens is 2. The van der Waals surface area contributed by atoms with Crippen molar-refractivity contribution in [1.29, 1.82) is 0 Å². The molecule has 0 N–H and O–H groups in total. The lowest BCUT2D eigenvalue weighted by molar-refractivity contribution is -0.114. The van der Waals surface area contributed by atoms with E-state index in [4.69, 9.17) is 9.05 Å². The monoisotopic (exact) mass is 583 g/mol. The molecule has 1 aromatic carbocycles. The third kappa shape index (κ3) is 4.97. The Morgan fingerprint density at radius 1 is 0.976 bits per heavy atom. The summed E-state index contributed by atoms with van der Waals surface area (Å²) in [5.74, 6) is 3.82. The Hall–Kier alpha value is -1.53. The molecule has 5 aliphatic rings. The highest BCUT2D eigenvalue weighted by Gasteiger charge is 2.54. The fraction of sp³-hybridized carbons (Fsp3) is 0.758. The lowest BCUT2D eigenvalue weighted by atomic mass is 9.45. The molecule has 2 saturated heterocycles. The number of rotatable bonds is 9. The SMILES string of the molecule is CCOP(=O)(OCC)c1nc2ccccc2n(C2C[C@@H]3[C@@H](C)C[C@@H](C)[C@H](C2)N3CC[C@@H]2CC[C@H]3C[C@@H]2C3(C)C)c1=O. The standard InChI is InChI=1S/C33H50N3O4P/c1-7-39-41(38,40-8-2)31-32(37)36(28-12-10-9-11-27(28)34-31)25-19-29-21(3)17-22(4)30(20-25)35(29)16-15-23-13-14-24-18-26(23)33(24,5)6/h9-12,21-26,29-30H,7-8,13-20H2,1-6H3/t21-,22+,23-,24-,25?,26-,29+,30-/m0/s1. The lowest BCUT2D eigenvalue weighted by Gasteiger charge is -2.61. The van der Waals surface area contributed by atoms with Crippen LogP contribution in [-0.2, 0) is 13.6 Å². The molecule has 7 rings (SSSR count). The van der Waals surface area contributed by atoms with E-state index in [1.165, 1.54) is 38.6 Å². The molecular formula is C33H50N3O4P. The molecule has 1 aromatic heterocycles. The van der Waals surface area contributed by atoms with Gasteiger partial charge in [0, 0.05) is 18.1 Å². The minimum atomic E-state index is -3.85. The average Bonchev–Trinajstić information content (AvgIpc) is 2.94. The first-order chi connectivity index (χ1) is 19.6. The Labute approximate surface area is 245 Å². The van der Waals surface area contributed by atoms with Gasteiger partial charge in [-0.15, -0.1) is 0 Å². The molecule has 226 valence electrons. The van der Waals surface area contributed by atoms with Crippen molar-refractivity contribution in [1.82, 2.24) is 14.5 Å². The van der Waals surface area contributed by atoms with Crippen LogP contribution in [0.3, 0.4) is 0 Å². The van der Waals surface area contributed by atoms with Crippen LogP contribution in [-0.4, -0.2) is 46.3 Å². The van der Waals surface area contributed by atoms with Crippen LogP contribution in [0.4, 0.5) is 0 Å². The molecule has 5 fully saturated rings. The van der Waals surface area contributed by atoms with E-state index in [1.807, 2.05) is 28.8 Å². The molecule has 1 unspecified atom stereocenters. The third-order valence-corrected chi connectivity index (χ3v) is 13.7.